The molecule has 2 aromatic rings. The van der Waals surface area contributed by atoms with Crippen LogP contribution in [-0.2, 0) is 0 Å². The van der Waals surface area contributed by atoms with Crippen molar-refractivity contribution in [3.8, 4) is 0 Å². The number of nitrogens with one attached hydrogen (secondary N) is 2. The Morgan fingerprint density at radius 1 is 1.40 bits per heavy atom. The first-order chi connectivity index (χ1) is 9.60. The number of benzene rings is 1. The highest BCUT2D eigenvalue weighted by Gasteiger charge is 2.13. The predicted molar refractivity (Wildman–Crippen MR) is 75.7 cm³/mol. The molecule has 1 heterocycles. The van der Waals surface area contributed by atoms with E-state index in [0.717, 1.165) is 13.0 Å². The molecule has 5 nitrogen and oxygen atoms in total. The van der Waals surface area contributed by atoms with Crippen LogP contribution in [0.2, 0.25) is 5.02 Å². The largest absolute Gasteiger partial charge is 0.406 e. The summed E-state index contributed by atoms with van der Waals surface area (Å²) in [6, 6.07) is 4.55. The van der Waals surface area contributed by atoms with Gasteiger partial charge in [0.25, 0.3) is 0 Å². The maximum atomic E-state index is 13.3. The number of rotatable bonds is 6. The maximum Gasteiger partial charge on any atom is 0.320 e. The van der Waals surface area contributed by atoms with E-state index in [1.54, 1.807) is 6.07 Å². The molecule has 7 heteroatoms. The molecule has 0 aliphatic carbocycles. The number of hydrogen-bond acceptors (Lipinski definition) is 5. The molecular weight excluding hydrogens is 283 g/mol. The Morgan fingerprint density at radius 3 is 2.90 bits per heavy atom. The lowest BCUT2D eigenvalue weighted by atomic mass is 10.3. The Morgan fingerprint density at radius 2 is 2.20 bits per heavy atom. The van der Waals surface area contributed by atoms with Gasteiger partial charge in [0, 0.05) is 5.69 Å². The van der Waals surface area contributed by atoms with Gasteiger partial charge in [-0.1, -0.05) is 23.6 Å². The Kier molecular flexibility index (Phi) is 4.92. The van der Waals surface area contributed by atoms with Gasteiger partial charge in [-0.05, 0) is 38.1 Å². The molecule has 2 N–H and O–H groups in total. The standard InChI is InChI=1S/C13H16ClFN4O/c1-3-6-16-8(2)12-18-19-13(20-12)17-9-4-5-10(14)11(15)7-9/h4-5,7-8,16H,3,6H2,1-2H3,(H,17,19). The van der Waals surface area contributed by atoms with Gasteiger partial charge in [0.15, 0.2) is 0 Å². The second-order valence-electron chi connectivity index (χ2n) is 4.38. The topological polar surface area (TPSA) is 63.0 Å². The summed E-state index contributed by atoms with van der Waals surface area (Å²) in [6.07, 6.45) is 1.02. The summed E-state index contributed by atoms with van der Waals surface area (Å²) < 4.78 is 18.8. The SMILES string of the molecule is CCCNC(C)c1nnc(Nc2ccc(Cl)c(F)c2)o1. The van der Waals surface area contributed by atoms with E-state index in [2.05, 4.69) is 27.8 Å². The van der Waals surface area contributed by atoms with E-state index in [9.17, 15) is 4.39 Å². The number of anilines is 2. The molecular formula is C13H16ClFN4O. The quantitative estimate of drug-likeness (QED) is 0.852. The third-order valence-corrected chi connectivity index (χ3v) is 2.99. The number of hydrogen-bond donors (Lipinski definition) is 2. The smallest absolute Gasteiger partial charge is 0.320 e. The predicted octanol–water partition coefficient (Wildman–Crippen LogP) is 3.67. The van der Waals surface area contributed by atoms with Gasteiger partial charge < -0.3 is 15.1 Å². The van der Waals surface area contributed by atoms with Crippen molar-refractivity contribution in [3.05, 3.63) is 34.9 Å². The molecule has 0 spiro atoms. The van der Waals surface area contributed by atoms with Crippen molar-refractivity contribution < 1.29 is 8.81 Å². The fourth-order valence-corrected chi connectivity index (χ4v) is 1.72. The number of halogens is 2. The summed E-state index contributed by atoms with van der Waals surface area (Å²) >= 11 is 5.62. The van der Waals surface area contributed by atoms with Gasteiger partial charge in [0.2, 0.25) is 5.89 Å². The molecule has 108 valence electrons. The first-order valence-electron chi connectivity index (χ1n) is 6.39. The number of aromatic nitrogens is 2. The van der Waals surface area contributed by atoms with Gasteiger partial charge in [0.1, 0.15) is 5.82 Å². The monoisotopic (exact) mass is 298 g/mol. The molecule has 20 heavy (non-hydrogen) atoms. The number of nitrogens with zero attached hydrogens (tertiary/aromatic N) is 2. The fraction of sp³-hybridized carbons (Fsp3) is 0.385. The van der Waals surface area contributed by atoms with Crippen LogP contribution in [0.3, 0.4) is 0 Å². The minimum absolute atomic E-state index is 0.0278. The van der Waals surface area contributed by atoms with E-state index in [1.807, 2.05) is 6.92 Å². The van der Waals surface area contributed by atoms with Gasteiger partial charge in [-0.15, -0.1) is 5.10 Å². The van der Waals surface area contributed by atoms with Crippen molar-refractivity contribution in [2.45, 2.75) is 26.3 Å². The summed E-state index contributed by atoms with van der Waals surface area (Å²) in [5, 5.41) is 14.0. The van der Waals surface area contributed by atoms with Crippen LogP contribution < -0.4 is 10.6 Å². The highest BCUT2D eigenvalue weighted by molar-refractivity contribution is 6.30. The molecule has 0 fully saturated rings. The molecule has 1 aromatic carbocycles. The Labute approximate surface area is 121 Å². The fourth-order valence-electron chi connectivity index (χ4n) is 1.61. The zero-order chi connectivity index (χ0) is 14.5. The highest BCUT2D eigenvalue weighted by atomic mass is 35.5. The molecule has 0 aliphatic heterocycles. The lowest BCUT2D eigenvalue weighted by molar-refractivity contribution is 0.424. The molecule has 0 radical (unpaired) electrons. The van der Waals surface area contributed by atoms with Crippen molar-refractivity contribution in [2.24, 2.45) is 0 Å². The van der Waals surface area contributed by atoms with Crippen LogP contribution in [0.5, 0.6) is 0 Å². The van der Waals surface area contributed by atoms with E-state index in [1.165, 1.54) is 12.1 Å². The molecule has 0 aliphatic rings. The van der Waals surface area contributed by atoms with Crippen LogP contribution in [0.1, 0.15) is 32.2 Å². The minimum Gasteiger partial charge on any atom is -0.406 e. The van der Waals surface area contributed by atoms with E-state index in [-0.39, 0.29) is 17.1 Å². The van der Waals surface area contributed by atoms with Crippen LogP contribution in [0.15, 0.2) is 22.6 Å². The zero-order valence-corrected chi connectivity index (χ0v) is 12.0. The molecule has 1 atom stereocenters. The lowest BCUT2D eigenvalue weighted by Crippen LogP contribution is -2.19. The summed E-state index contributed by atoms with van der Waals surface area (Å²) in [5.41, 5.74) is 0.497. The first-order valence-corrected chi connectivity index (χ1v) is 6.76. The second-order valence-corrected chi connectivity index (χ2v) is 4.78. The summed E-state index contributed by atoms with van der Waals surface area (Å²) in [7, 11) is 0. The van der Waals surface area contributed by atoms with Gasteiger partial charge >= 0.3 is 6.01 Å². The molecule has 0 saturated heterocycles. The Balaban J connectivity index is 2.03. The van der Waals surface area contributed by atoms with Crippen molar-refractivity contribution in [1.29, 1.82) is 0 Å². The van der Waals surface area contributed by atoms with E-state index < -0.39 is 5.82 Å². The van der Waals surface area contributed by atoms with Gasteiger partial charge in [-0.2, -0.15) is 0 Å². The molecule has 1 aromatic heterocycles. The zero-order valence-electron chi connectivity index (χ0n) is 11.3. The summed E-state index contributed by atoms with van der Waals surface area (Å²) in [5.74, 6) is -0.0234. The van der Waals surface area contributed by atoms with Crippen LogP contribution in [-0.4, -0.2) is 16.7 Å². The average molecular weight is 299 g/mol. The molecule has 0 bridgehead atoms. The second kappa shape index (κ2) is 6.67. The first kappa shape index (κ1) is 14.7. The molecule has 1 unspecified atom stereocenters. The average Bonchev–Trinajstić information content (AvgIpc) is 2.89. The van der Waals surface area contributed by atoms with Gasteiger partial charge in [-0.3, -0.25) is 0 Å². The van der Waals surface area contributed by atoms with Crippen molar-refractivity contribution >= 4 is 23.3 Å². The minimum atomic E-state index is -0.505. The van der Waals surface area contributed by atoms with Crippen LogP contribution >= 0.6 is 11.6 Å². The molecule has 0 saturated carbocycles. The Bertz CT molecular complexity index is 575. The van der Waals surface area contributed by atoms with Crippen LogP contribution in [0.25, 0.3) is 0 Å². The van der Waals surface area contributed by atoms with Gasteiger partial charge in [0.05, 0.1) is 11.1 Å². The maximum absolute atomic E-state index is 13.3. The van der Waals surface area contributed by atoms with Crippen molar-refractivity contribution in [1.82, 2.24) is 15.5 Å². The van der Waals surface area contributed by atoms with Crippen molar-refractivity contribution in [3.63, 3.8) is 0 Å². The van der Waals surface area contributed by atoms with E-state index in [0.29, 0.717) is 11.6 Å². The summed E-state index contributed by atoms with van der Waals surface area (Å²) in [4.78, 5) is 0. The van der Waals surface area contributed by atoms with E-state index in [4.69, 9.17) is 16.0 Å². The third-order valence-electron chi connectivity index (χ3n) is 2.68. The van der Waals surface area contributed by atoms with Crippen molar-refractivity contribution in [2.75, 3.05) is 11.9 Å². The highest BCUT2D eigenvalue weighted by Crippen LogP contribution is 2.22. The van der Waals surface area contributed by atoms with E-state index >= 15 is 0 Å². The lowest BCUT2D eigenvalue weighted by Gasteiger charge is -2.07. The molecule has 0 amide bonds. The normalized spacial score (nSPS) is 12.4. The summed E-state index contributed by atoms with van der Waals surface area (Å²) in [6.45, 7) is 4.89. The van der Waals surface area contributed by atoms with Crippen LogP contribution in [0, 0.1) is 5.82 Å². The van der Waals surface area contributed by atoms with Gasteiger partial charge in [-0.25, -0.2) is 4.39 Å². The Hall–Kier alpha value is -1.66. The molecule has 2 rings (SSSR count). The third kappa shape index (κ3) is 3.68. The van der Waals surface area contributed by atoms with Crippen LogP contribution in [0.4, 0.5) is 16.1 Å².